The molecule has 0 saturated heterocycles. The molecule has 10 aromatic carbocycles. The molecule has 4 nitrogen and oxygen atoms in total. The predicted molar refractivity (Wildman–Crippen MR) is 251 cm³/mol. The summed E-state index contributed by atoms with van der Waals surface area (Å²) in [5.41, 5.74) is 12.3. The van der Waals surface area contributed by atoms with E-state index < -0.39 is 0 Å². The summed E-state index contributed by atoms with van der Waals surface area (Å²) in [6, 6.07) is 77.4. The first kappa shape index (κ1) is 34.0. The van der Waals surface area contributed by atoms with Gasteiger partial charge < -0.3 is 18.6 Å². The number of hydrogen-bond donors (Lipinski definition) is 0. The van der Waals surface area contributed by atoms with Gasteiger partial charge in [0.25, 0.3) is 0 Å². The van der Waals surface area contributed by atoms with E-state index >= 15 is 0 Å². The molecule has 0 aliphatic carbocycles. The van der Waals surface area contributed by atoms with Crippen molar-refractivity contribution in [3.8, 4) is 11.1 Å². The van der Waals surface area contributed by atoms with Crippen molar-refractivity contribution in [3.63, 3.8) is 0 Å². The molecule has 0 aliphatic heterocycles. The van der Waals surface area contributed by atoms with Crippen molar-refractivity contribution >= 4 is 99.5 Å². The van der Waals surface area contributed by atoms with Crippen LogP contribution in [-0.2, 0) is 0 Å². The molecule has 0 saturated carbocycles. The van der Waals surface area contributed by atoms with Gasteiger partial charge in [-0.2, -0.15) is 0 Å². The molecule has 12 aromatic rings. The number of furan rings is 2. The molecule has 2 aromatic heterocycles. The second kappa shape index (κ2) is 13.8. The maximum absolute atomic E-state index is 6.36. The highest BCUT2D eigenvalue weighted by molar-refractivity contribution is 6.20. The van der Waals surface area contributed by atoms with Crippen LogP contribution in [0.25, 0.3) is 76.5 Å². The van der Waals surface area contributed by atoms with Crippen LogP contribution in [0.4, 0.5) is 34.1 Å². The second-order valence-electron chi connectivity index (χ2n) is 15.3. The van der Waals surface area contributed by atoms with Crippen LogP contribution in [0.1, 0.15) is 0 Å². The van der Waals surface area contributed by atoms with Crippen LogP contribution in [0.2, 0.25) is 0 Å². The van der Waals surface area contributed by atoms with Crippen LogP contribution < -0.4 is 9.80 Å². The van der Waals surface area contributed by atoms with E-state index in [1.54, 1.807) is 0 Å². The van der Waals surface area contributed by atoms with E-state index in [-0.39, 0.29) is 0 Å². The average molecular weight is 769 g/mol. The highest BCUT2D eigenvalue weighted by atomic mass is 16.3. The molecule has 0 atom stereocenters. The van der Waals surface area contributed by atoms with Gasteiger partial charge in [0.1, 0.15) is 22.3 Å². The normalized spacial score (nSPS) is 11.7. The molecule has 2 heterocycles. The van der Waals surface area contributed by atoms with Crippen LogP contribution in [0.5, 0.6) is 0 Å². The van der Waals surface area contributed by atoms with Gasteiger partial charge >= 0.3 is 0 Å². The van der Waals surface area contributed by atoms with Gasteiger partial charge in [-0.05, 0) is 130 Å². The zero-order chi connectivity index (χ0) is 39.6. The first-order valence-corrected chi connectivity index (χ1v) is 20.3. The Labute approximate surface area is 346 Å². The minimum absolute atomic E-state index is 0.881. The second-order valence-corrected chi connectivity index (χ2v) is 15.3. The number of rotatable bonds is 7. The molecule has 0 N–H and O–H groups in total. The van der Waals surface area contributed by atoms with Crippen LogP contribution in [-0.4, -0.2) is 0 Å². The zero-order valence-electron chi connectivity index (χ0n) is 32.5. The largest absolute Gasteiger partial charge is 0.456 e. The molecular formula is C56H36N2O2. The summed E-state index contributed by atoms with van der Waals surface area (Å²) in [7, 11) is 0. The Morgan fingerprint density at radius 3 is 1.03 bits per heavy atom. The summed E-state index contributed by atoms with van der Waals surface area (Å²) in [5.74, 6) is 0. The first-order valence-electron chi connectivity index (χ1n) is 20.3. The lowest BCUT2D eigenvalue weighted by Crippen LogP contribution is -2.10. The Balaban J connectivity index is 0.910. The summed E-state index contributed by atoms with van der Waals surface area (Å²) >= 11 is 0. The topological polar surface area (TPSA) is 32.8 Å². The van der Waals surface area contributed by atoms with E-state index in [1.165, 1.54) is 21.5 Å². The fourth-order valence-electron chi connectivity index (χ4n) is 9.00. The highest BCUT2D eigenvalue weighted by Crippen LogP contribution is 2.43. The lowest BCUT2D eigenvalue weighted by molar-refractivity contribution is 0.669. The Morgan fingerprint density at radius 1 is 0.250 bits per heavy atom. The summed E-state index contributed by atoms with van der Waals surface area (Å²) < 4.78 is 12.7. The molecule has 0 amide bonds. The summed E-state index contributed by atoms with van der Waals surface area (Å²) in [6.45, 7) is 0. The van der Waals surface area contributed by atoms with Gasteiger partial charge in [-0.25, -0.2) is 0 Å². The first-order chi connectivity index (χ1) is 29.7. The van der Waals surface area contributed by atoms with E-state index in [9.17, 15) is 0 Å². The lowest BCUT2D eigenvalue weighted by Gasteiger charge is -2.26. The molecule has 12 rings (SSSR count). The van der Waals surface area contributed by atoms with Crippen molar-refractivity contribution < 1.29 is 8.83 Å². The summed E-state index contributed by atoms with van der Waals surface area (Å²) in [6.07, 6.45) is 0. The SMILES string of the molecule is c1ccc(N(c2ccc(-c3ccc(N(c4ccccc4)c4ccc5oc6ccc7ccccc7c6c5c4)cc3)cc2)c2ccc3oc4ccc5ccccc5c4c3c2)cc1. The fraction of sp³-hybridized carbons (Fsp3) is 0. The van der Waals surface area contributed by atoms with E-state index in [0.717, 1.165) is 89.1 Å². The van der Waals surface area contributed by atoms with Crippen molar-refractivity contribution in [1.82, 2.24) is 0 Å². The summed E-state index contributed by atoms with van der Waals surface area (Å²) in [5, 5.41) is 9.29. The molecule has 60 heavy (non-hydrogen) atoms. The molecule has 0 fully saturated rings. The van der Waals surface area contributed by atoms with Crippen molar-refractivity contribution in [2.75, 3.05) is 9.80 Å². The van der Waals surface area contributed by atoms with Crippen LogP contribution in [0.15, 0.2) is 227 Å². The van der Waals surface area contributed by atoms with Crippen molar-refractivity contribution in [2.24, 2.45) is 0 Å². The highest BCUT2D eigenvalue weighted by Gasteiger charge is 2.19. The van der Waals surface area contributed by atoms with Gasteiger partial charge in [0.15, 0.2) is 0 Å². The Hall–Kier alpha value is -8.08. The molecule has 0 aliphatic rings. The van der Waals surface area contributed by atoms with Crippen LogP contribution in [0.3, 0.4) is 0 Å². The maximum atomic E-state index is 6.36. The van der Waals surface area contributed by atoms with Gasteiger partial charge in [-0.15, -0.1) is 0 Å². The van der Waals surface area contributed by atoms with E-state index in [0.29, 0.717) is 0 Å². The number of anilines is 6. The average Bonchev–Trinajstić information content (AvgIpc) is 3.89. The van der Waals surface area contributed by atoms with Gasteiger partial charge in [0, 0.05) is 55.7 Å². The molecule has 0 unspecified atom stereocenters. The molecule has 0 bridgehead atoms. The number of fused-ring (bicyclic) bond motifs is 10. The third-order valence-electron chi connectivity index (χ3n) is 11.8. The van der Waals surface area contributed by atoms with Crippen molar-refractivity contribution in [3.05, 3.63) is 218 Å². The zero-order valence-corrected chi connectivity index (χ0v) is 32.5. The van der Waals surface area contributed by atoms with Crippen LogP contribution in [0, 0.1) is 0 Å². The number of nitrogens with zero attached hydrogens (tertiary/aromatic N) is 2. The number of para-hydroxylation sites is 2. The van der Waals surface area contributed by atoms with E-state index in [4.69, 9.17) is 8.83 Å². The molecule has 4 heteroatoms. The molecule has 282 valence electrons. The third kappa shape index (κ3) is 5.61. The maximum Gasteiger partial charge on any atom is 0.136 e. The summed E-state index contributed by atoms with van der Waals surface area (Å²) in [4.78, 5) is 4.63. The van der Waals surface area contributed by atoms with Gasteiger partial charge in [-0.1, -0.05) is 121 Å². The smallest absolute Gasteiger partial charge is 0.136 e. The predicted octanol–water partition coefficient (Wildman–Crippen LogP) is 16.4. The standard InChI is InChI=1S/C56H36N2O2/c1-3-13-41(14-4-1)57(45-29-33-51-49(35-45)55-47-17-9-7-11-39(47)23-31-53(55)59-51)43-25-19-37(20-26-43)38-21-27-44(28-22-38)58(42-15-5-2-6-16-42)46-30-34-52-50(36-46)56-48-18-10-8-12-40(48)24-32-54(56)60-52/h1-36H. The quantitative estimate of drug-likeness (QED) is 0.162. The van der Waals surface area contributed by atoms with E-state index in [1.807, 2.05) is 0 Å². The molecular weight excluding hydrogens is 733 g/mol. The van der Waals surface area contributed by atoms with Crippen molar-refractivity contribution in [2.45, 2.75) is 0 Å². The number of hydrogen-bond acceptors (Lipinski definition) is 4. The Morgan fingerprint density at radius 2 is 0.600 bits per heavy atom. The third-order valence-corrected chi connectivity index (χ3v) is 11.8. The fourth-order valence-corrected chi connectivity index (χ4v) is 9.00. The van der Waals surface area contributed by atoms with Crippen LogP contribution >= 0.6 is 0 Å². The minimum atomic E-state index is 0.881. The van der Waals surface area contributed by atoms with Crippen molar-refractivity contribution in [1.29, 1.82) is 0 Å². The lowest BCUT2D eigenvalue weighted by atomic mass is 10.0. The Kier molecular flexibility index (Phi) is 7.82. The number of benzene rings is 10. The van der Waals surface area contributed by atoms with E-state index in [2.05, 4.69) is 228 Å². The minimum Gasteiger partial charge on any atom is -0.456 e. The van der Waals surface area contributed by atoms with Gasteiger partial charge in [-0.3, -0.25) is 0 Å². The Bertz CT molecular complexity index is 3300. The van der Waals surface area contributed by atoms with Gasteiger partial charge in [0.2, 0.25) is 0 Å². The van der Waals surface area contributed by atoms with Gasteiger partial charge in [0.05, 0.1) is 0 Å². The molecule has 0 radical (unpaired) electrons. The monoisotopic (exact) mass is 768 g/mol. The molecule has 0 spiro atoms.